The second-order valence-corrected chi connectivity index (χ2v) is 6.66. The van der Waals surface area contributed by atoms with Crippen LogP contribution >= 0.6 is 11.6 Å². The van der Waals surface area contributed by atoms with Gasteiger partial charge in [-0.05, 0) is 43.2 Å². The zero-order valence-corrected chi connectivity index (χ0v) is 17.0. The van der Waals surface area contributed by atoms with Gasteiger partial charge in [0.15, 0.2) is 11.5 Å². The number of carbonyl (C=O) groups is 1. The van der Waals surface area contributed by atoms with Crippen molar-refractivity contribution in [1.29, 1.82) is 0 Å². The molecule has 0 radical (unpaired) electrons. The Balaban J connectivity index is 1.75. The summed E-state index contributed by atoms with van der Waals surface area (Å²) in [6, 6.07) is 9.81. The number of carbonyl (C=O) groups excluding carboxylic acids is 1. The molecule has 0 unspecified atom stereocenters. The van der Waals surface area contributed by atoms with Crippen molar-refractivity contribution in [3.8, 4) is 22.8 Å². The Morgan fingerprint density at radius 1 is 1.21 bits per heavy atom. The summed E-state index contributed by atoms with van der Waals surface area (Å²) < 4.78 is 29.9. The largest absolute Gasteiger partial charge is 0.493 e. The lowest BCUT2D eigenvalue weighted by Crippen LogP contribution is -2.26. The van der Waals surface area contributed by atoms with Crippen molar-refractivity contribution in [1.82, 2.24) is 10.5 Å². The summed E-state index contributed by atoms with van der Waals surface area (Å²) in [6.45, 7) is 1.94. The van der Waals surface area contributed by atoms with Gasteiger partial charge in [-0.1, -0.05) is 28.9 Å². The van der Waals surface area contributed by atoms with Crippen molar-refractivity contribution in [2.75, 3.05) is 20.8 Å². The highest BCUT2D eigenvalue weighted by atomic mass is 35.5. The van der Waals surface area contributed by atoms with Crippen LogP contribution < -0.4 is 14.8 Å². The fraction of sp³-hybridized carbons (Fsp3) is 0.238. The summed E-state index contributed by atoms with van der Waals surface area (Å²) in [5.74, 6) is 0.529. The van der Waals surface area contributed by atoms with Crippen LogP contribution in [-0.4, -0.2) is 31.8 Å². The van der Waals surface area contributed by atoms with Crippen LogP contribution in [0.1, 0.15) is 21.7 Å². The van der Waals surface area contributed by atoms with E-state index in [0.29, 0.717) is 24.5 Å². The van der Waals surface area contributed by atoms with Crippen LogP contribution in [0, 0.1) is 12.7 Å². The summed E-state index contributed by atoms with van der Waals surface area (Å²) in [7, 11) is 3.13. The van der Waals surface area contributed by atoms with Gasteiger partial charge in [0.05, 0.1) is 24.8 Å². The number of benzene rings is 2. The molecule has 0 aliphatic rings. The van der Waals surface area contributed by atoms with Gasteiger partial charge in [-0.15, -0.1) is 0 Å². The first kappa shape index (κ1) is 20.7. The van der Waals surface area contributed by atoms with Crippen molar-refractivity contribution < 1.29 is 23.2 Å². The normalized spacial score (nSPS) is 10.7. The fourth-order valence-electron chi connectivity index (χ4n) is 2.98. The van der Waals surface area contributed by atoms with E-state index in [1.165, 1.54) is 18.2 Å². The molecule has 0 spiro atoms. The molecule has 1 aromatic heterocycles. The third kappa shape index (κ3) is 4.35. The summed E-state index contributed by atoms with van der Waals surface area (Å²) in [6.07, 6.45) is 0.562. The first-order valence-electron chi connectivity index (χ1n) is 8.86. The zero-order chi connectivity index (χ0) is 21.0. The molecular formula is C21H20ClFN2O4. The molecule has 2 aromatic carbocycles. The van der Waals surface area contributed by atoms with Gasteiger partial charge in [-0.3, -0.25) is 4.79 Å². The SMILES string of the molecule is COc1ccc(CCNC(=O)c2c(-c3c(F)cccc3Cl)noc2C)cc1OC. The third-order valence-corrected chi connectivity index (χ3v) is 4.75. The molecule has 3 aromatic rings. The van der Waals surface area contributed by atoms with E-state index in [4.69, 9.17) is 25.6 Å². The van der Waals surface area contributed by atoms with Gasteiger partial charge in [0.2, 0.25) is 0 Å². The Bertz CT molecular complexity index is 1020. The maximum absolute atomic E-state index is 14.3. The van der Waals surface area contributed by atoms with Crippen LogP contribution in [0.3, 0.4) is 0 Å². The van der Waals surface area contributed by atoms with Crippen molar-refractivity contribution >= 4 is 17.5 Å². The van der Waals surface area contributed by atoms with Gasteiger partial charge in [-0.2, -0.15) is 0 Å². The Kier molecular flexibility index (Phi) is 6.39. The molecule has 29 heavy (non-hydrogen) atoms. The third-order valence-electron chi connectivity index (χ3n) is 4.44. The predicted octanol–water partition coefficient (Wildman–Crippen LogP) is 4.43. The Morgan fingerprint density at radius 2 is 1.97 bits per heavy atom. The highest BCUT2D eigenvalue weighted by Gasteiger charge is 2.25. The number of halogens is 2. The lowest BCUT2D eigenvalue weighted by atomic mass is 10.0. The number of aromatic nitrogens is 1. The monoisotopic (exact) mass is 418 g/mol. The number of amides is 1. The lowest BCUT2D eigenvalue weighted by molar-refractivity contribution is 0.0953. The van der Waals surface area contributed by atoms with Gasteiger partial charge in [0, 0.05) is 6.54 Å². The number of nitrogens with zero attached hydrogens (tertiary/aromatic N) is 1. The Morgan fingerprint density at radius 3 is 2.66 bits per heavy atom. The standard InChI is InChI=1S/C21H20ClFN2O4/c1-12-18(20(25-29-12)19-14(22)5-4-6-15(19)23)21(26)24-10-9-13-7-8-16(27-2)17(11-13)28-3/h4-8,11H,9-10H2,1-3H3,(H,24,26). The molecule has 1 heterocycles. The van der Waals surface area contributed by atoms with Crippen molar-refractivity contribution in [3.63, 3.8) is 0 Å². The number of rotatable bonds is 7. The van der Waals surface area contributed by atoms with Crippen LogP contribution in [0.2, 0.25) is 5.02 Å². The molecule has 1 N–H and O–H groups in total. The van der Waals surface area contributed by atoms with E-state index in [1.807, 2.05) is 12.1 Å². The van der Waals surface area contributed by atoms with E-state index in [9.17, 15) is 9.18 Å². The Labute approximate surface area is 172 Å². The molecule has 0 fully saturated rings. The van der Waals surface area contributed by atoms with Gasteiger partial charge >= 0.3 is 0 Å². The minimum absolute atomic E-state index is 0.0380. The smallest absolute Gasteiger partial charge is 0.257 e. The molecule has 1 amide bonds. The molecule has 0 bridgehead atoms. The number of aryl methyl sites for hydroxylation is 1. The number of methoxy groups -OCH3 is 2. The van der Waals surface area contributed by atoms with Crippen LogP contribution in [0.25, 0.3) is 11.3 Å². The molecule has 0 saturated carbocycles. The van der Waals surface area contributed by atoms with Crippen molar-refractivity contribution in [2.45, 2.75) is 13.3 Å². The number of hydrogen-bond acceptors (Lipinski definition) is 5. The highest BCUT2D eigenvalue weighted by molar-refractivity contribution is 6.33. The molecule has 3 rings (SSSR count). The molecule has 152 valence electrons. The predicted molar refractivity (Wildman–Crippen MR) is 107 cm³/mol. The van der Waals surface area contributed by atoms with E-state index < -0.39 is 11.7 Å². The van der Waals surface area contributed by atoms with Crippen LogP contribution in [0.4, 0.5) is 4.39 Å². The summed E-state index contributed by atoms with van der Waals surface area (Å²) in [4.78, 5) is 12.7. The summed E-state index contributed by atoms with van der Waals surface area (Å²) in [5, 5.41) is 6.81. The number of nitrogens with one attached hydrogen (secondary N) is 1. The fourth-order valence-corrected chi connectivity index (χ4v) is 3.23. The summed E-state index contributed by atoms with van der Waals surface area (Å²) in [5.41, 5.74) is 1.23. The Hall–Kier alpha value is -3.06. The topological polar surface area (TPSA) is 73.6 Å². The lowest BCUT2D eigenvalue weighted by Gasteiger charge is -2.10. The van der Waals surface area contributed by atoms with E-state index >= 15 is 0 Å². The molecule has 8 heteroatoms. The first-order valence-corrected chi connectivity index (χ1v) is 9.23. The average molecular weight is 419 g/mol. The number of hydrogen-bond donors (Lipinski definition) is 1. The molecular weight excluding hydrogens is 399 g/mol. The van der Waals surface area contributed by atoms with E-state index in [1.54, 1.807) is 27.2 Å². The van der Waals surface area contributed by atoms with Gasteiger partial charge in [0.25, 0.3) is 5.91 Å². The quantitative estimate of drug-likeness (QED) is 0.614. The van der Waals surface area contributed by atoms with Crippen LogP contribution in [0.15, 0.2) is 40.9 Å². The molecule has 0 aliphatic heterocycles. The molecule has 6 nitrogen and oxygen atoms in total. The van der Waals surface area contributed by atoms with Gasteiger partial charge < -0.3 is 19.3 Å². The van der Waals surface area contributed by atoms with Crippen LogP contribution in [-0.2, 0) is 6.42 Å². The maximum atomic E-state index is 14.3. The highest BCUT2D eigenvalue weighted by Crippen LogP contribution is 2.33. The second kappa shape index (κ2) is 8.96. The van der Waals surface area contributed by atoms with E-state index in [-0.39, 0.29) is 27.6 Å². The number of ether oxygens (including phenoxy) is 2. The summed E-state index contributed by atoms with van der Waals surface area (Å²) >= 11 is 6.11. The molecule has 0 saturated heterocycles. The van der Waals surface area contributed by atoms with E-state index in [0.717, 1.165) is 5.56 Å². The first-order chi connectivity index (χ1) is 14.0. The zero-order valence-electron chi connectivity index (χ0n) is 16.2. The van der Waals surface area contributed by atoms with Crippen molar-refractivity contribution in [3.05, 3.63) is 64.1 Å². The molecule has 0 aliphatic carbocycles. The van der Waals surface area contributed by atoms with Crippen LogP contribution in [0.5, 0.6) is 11.5 Å². The maximum Gasteiger partial charge on any atom is 0.257 e. The van der Waals surface area contributed by atoms with Crippen molar-refractivity contribution in [2.24, 2.45) is 0 Å². The van der Waals surface area contributed by atoms with Gasteiger partial charge in [0.1, 0.15) is 22.8 Å². The van der Waals surface area contributed by atoms with E-state index in [2.05, 4.69) is 10.5 Å². The molecule has 0 atom stereocenters. The average Bonchev–Trinajstić information content (AvgIpc) is 3.08. The second-order valence-electron chi connectivity index (χ2n) is 6.25. The minimum Gasteiger partial charge on any atom is -0.493 e. The van der Waals surface area contributed by atoms with Gasteiger partial charge in [-0.25, -0.2) is 4.39 Å². The minimum atomic E-state index is -0.579.